The minimum absolute atomic E-state index is 0.0599. The maximum Gasteiger partial charge on any atom is 0.312 e. The van der Waals surface area contributed by atoms with Crippen LogP contribution in [0, 0.1) is 10.1 Å². The second-order valence-corrected chi connectivity index (χ2v) is 7.63. The summed E-state index contributed by atoms with van der Waals surface area (Å²) in [5.41, 5.74) is 3.45. The number of hydrogen-bond donors (Lipinski definition) is 1. The van der Waals surface area contributed by atoms with Gasteiger partial charge >= 0.3 is 5.95 Å². The number of nitro benzene ring substituents is 1. The molecule has 0 fully saturated rings. The maximum atomic E-state index is 13.1. The van der Waals surface area contributed by atoms with Crippen LogP contribution in [0.25, 0.3) is 32.9 Å². The second-order valence-electron chi connectivity index (χ2n) is 7.63. The number of nitrogens with zero attached hydrogens (tertiary/aromatic N) is 3. The highest BCUT2D eigenvalue weighted by Crippen LogP contribution is 2.50. The molecule has 0 saturated heterocycles. The van der Waals surface area contributed by atoms with Crippen LogP contribution in [0.3, 0.4) is 0 Å². The van der Waals surface area contributed by atoms with Crippen LogP contribution < -0.4 is 0 Å². The van der Waals surface area contributed by atoms with E-state index >= 15 is 0 Å². The van der Waals surface area contributed by atoms with Gasteiger partial charge in [0.2, 0.25) is 0 Å². The lowest BCUT2D eigenvalue weighted by Gasteiger charge is -2.20. The molecule has 0 amide bonds. The molecule has 158 valence electrons. The van der Waals surface area contributed by atoms with Gasteiger partial charge in [0.25, 0.3) is 5.69 Å². The summed E-state index contributed by atoms with van der Waals surface area (Å²) in [5, 5.41) is 31.9. The van der Waals surface area contributed by atoms with Gasteiger partial charge in [-0.1, -0.05) is 42.5 Å². The van der Waals surface area contributed by atoms with E-state index in [4.69, 9.17) is 4.42 Å². The van der Waals surface area contributed by atoms with Crippen molar-refractivity contribution in [3.05, 3.63) is 94.0 Å². The Morgan fingerprint density at radius 2 is 1.58 bits per heavy atom. The molecule has 6 rings (SSSR count). The number of carbonyl (C=O) groups is 1. The minimum atomic E-state index is -0.497. The number of hydrogen-bond acceptors (Lipinski definition) is 7. The Bertz CT molecular complexity index is 1670. The van der Waals surface area contributed by atoms with Crippen LogP contribution >= 0.6 is 0 Å². The molecule has 0 atom stereocenters. The highest BCUT2D eigenvalue weighted by atomic mass is 16.6. The van der Waals surface area contributed by atoms with Gasteiger partial charge < -0.3 is 9.52 Å². The first-order valence-electron chi connectivity index (χ1n) is 10.0. The van der Waals surface area contributed by atoms with Crippen molar-refractivity contribution in [3.8, 4) is 17.1 Å². The Balaban J connectivity index is 1.63. The number of azo groups is 1. The molecule has 0 unspecified atom stereocenters. The quantitative estimate of drug-likeness (QED) is 0.186. The van der Waals surface area contributed by atoms with Crippen LogP contribution in [0.5, 0.6) is 5.95 Å². The third kappa shape index (κ3) is 2.74. The zero-order valence-electron chi connectivity index (χ0n) is 16.9. The molecule has 0 radical (unpaired) electrons. The molecule has 0 aliphatic heterocycles. The first-order chi connectivity index (χ1) is 16.0. The van der Waals surface area contributed by atoms with Crippen molar-refractivity contribution in [1.82, 2.24) is 0 Å². The fourth-order valence-corrected chi connectivity index (χ4v) is 4.35. The number of ketones is 1. The fraction of sp³-hybridized carbons (Fsp3) is 0. The van der Waals surface area contributed by atoms with Gasteiger partial charge in [-0.25, -0.2) is 0 Å². The summed E-state index contributed by atoms with van der Waals surface area (Å²) in [5.74, 6) is -0.469. The first-order valence-corrected chi connectivity index (χ1v) is 10.0. The first kappa shape index (κ1) is 18.9. The molecule has 0 spiro atoms. The Morgan fingerprint density at radius 3 is 2.33 bits per heavy atom. The number of fused-ring (bicyclic) bond motifs is 4. The number of furan rings is 1. The summed E-state index contributed by atoms with van der Waals surface area (Å²) in [7, 11) is 0. The topological polar surface area (TPSA) is 118 Å². The number of non-ortho nitro benzene ring substituents is 1. The summed E-state index contributed by atoms with van der Waals surface area (Å²) in [6.45, 7) is 0. The Morgan fingerprint density at radius 1 is 0.848 bits per heavy atom. The lowest BCUT2D eigenvalue weighted by atomic mass is 9.81. The van der Waals surface area contributed by atoms with E-state index < -0.39 is 10.9 Å². The van der Waals surface area contributed by atoms with E-state index in [1.165, 1.54) is 24.3 Å². The summed E-state index contributed by atoms with van der Waals surface area (Å²) in [6, 6.07) is 20.1. The van der Waals surface area contributed by atoms with Crippen LogP contribution in [-0.2, 0) is 0 Å². The zero-order valence-corrected chi connectivity index (χ0v) is 16.9. The normalized spacial score (nSPS) is 12.5. The van der Waals surface area contributed by atoms with Crippen molar-refractivity contribution in [2.75, 3.05) is 0 Å². The van der Waals surface area contributed by atoms with Crippen molar-refractivity contribution in [1.29, 1.82) is 0 Å². The van der Waals surface area contributed by atoms with Gasteiger partial charge in [-0.3, -0.25) is 14.9 Å². The number of nitro groups is 1. The average Bonchev–Trinajstić information content (AvgIpc) is 3.14. The van der Waals surface area contributed by atoms with Gasteiger partial charge in [0.15, 0.2) is 11.5 Å². The van der Waals surface area contributed by atoms with Gasteiger partial charge in [0, 0.05) is 34.2 Å². The molecular formula is C25H13N3O5. The summed E-state index contributed by atoms with van der Waals surface area (Å²) >= 11 is 0. The van der Waals surface area contributed by atoms with Crippen molar-refractivity contribution >= 4 is 44.6 Å². The molecule has 1 aromatic heterocycles. The molecule has 8 nitrogen and oxygen atoms in total. The third-order valence-electron chi connectivity index (χ3n) is 5.79. The number of aromatic hydroxyl groups is 1. The van der Waals surface area contributed by atoms with E-state index in [2.05, 4.69) is 10.2 Å². The molecule has 4 aromatic carbocycles. The summed E-state index contributed by atoms with van der Waals surface area (Å²) in [6.07, 6.45) is 0. The summed E-state index contributed by atoms with van der Waals surface area (Å²) < 4.78 is 5.62. The highest BCUT2D eigenvalue weighted by Gasteiger charge is 2.30. The number of benzene rings is 4. The molecule has 8 heteroatoms. The Labute approximate surface area is 185 Å². The minimum Gasteiger partial charge on any atom is -0.479 e. The smallest absolute Gasteiger partial charge is 0.312 e. The predicted molar refractivity (Wildman–Crippen MR) is 122 cm³/mol. The van der Waals surface area contributed by atoms with E-state index in [1.54, 1.807) is 18.2 Å². The lowest BCUT2D eigenvalue weighted by Crippen LogP contribution is -2.09. The van der Waals surface area contributed by atoms with Crippen molar-refractivity contribution in [2.24, 2.45) is 10.2 Å². The largest absolute Gasteiger partial charge is 0.479 e. The van der Waals surface area contributed by atoms with Gasteiger partial charge in [0.05, 0.1) is 16.0 Å². The summed E-state index contributed by atoms with van der Waals surface area (Å²) in [4.78, 5) is 23.5. The van der Waals surface area contributed by atoms with Crippen LogP contribution in [-0.4, -0.2) is 15.8 Å². The van der Waals surface area contributed by atoms with Gasteiger partial charge in [-0.05, 0) is 29.1 Å². The maximum absolute atomic E-state index is 13.1. The molecular weight excluding hydrogens is 422 g/mol. The lowest BCUT2D eigenvalue weighted by molar-refractivity contribution is -0.384. The molecule has 0 saturated carbocycles. The van der Waals surface area contributed by atoms with Gasteiger partial charge in [-0.2, -0.15) is 5.11 Å². The third-order valence-corrected chi connectivity index (χ3v) is 5.79. The molecule has 5 aromatic rings. The fourth-order valence-electron chi connectivity index (χ4n) is 4.35. The SMILES string of the molecule is O=C1c2ccccc2-c2c3c1cccc3cc1oc(O)c(N=Nc3ccc([N+](=O)[O-])cc3)c21. The van der Waals surface area contributed by atoms with Crippen LogP contribution in [0.15, 0.2) is 87.4 Å². The number of rotatable bonds is 3. The van der Waals surface area contributed by atoms with Crippen LogP contribution in [0.4, 0.5) is 17.1 Å². The van der Waals surface area contributed by atoms with Crippen molar-refractivity contribution in [2.45, 2.75) is 0 Å². The van der Waals surface area contributed by atoms with E-state index in [0.717, 1.165) is 21.9 Å². The van der Waals surface area contributed by atoms with E-state index in [1.807, 2.05) is 30.3 Å². The molecule has 1 N–H and O–H groups in total. The predicted octanol–water partition coefficient (Wildman–Crippen LogP) is 6.83. The molecule has 1 aliphatic rings. The highest BCUT2D eigenvalue weighted by molar-refractivity contribution is 6.30. The second kappa shape index (κ2) is 6.83. The van der Waals surface area contributed by atoms with Gasteiger partial charge in [-0.15, -0.1) is 5.11 Å². The van der Waals surface area contributed by atoms with E-state index in [9.17, 15) is 20.0 Å². The van der Waals surface area contributed by atoms with Gasteiger partial charge in [0.1, 0.15) is 5.58 Å². The standard InChI is InChI=1S/C25H13N3O5/c29-24-17-6-2-1-5-16(17)21-20-13(4-3-7-18(20)24)12-19-22(21)23(25(30)33-19)27-26-14-8-10-15(11-9-14)28(31)32/h1-12,30H. The number of carbonyl (C=O) groups excluding carboxylic acids is 1. The van der Waals surface area contributed by atoms with Crippen molar-refractivity contribution < 1.29 is 19.2 Å². The molecule has 0 bridgehead atoms. The van der Waals surface area contributed by atoms with Crippen molar-refractivity contribution in [3.63, 3.8) is 0 Å². The van der Waals surface area contributed by atoms with E-state index in [-0.39, 0.29) is 17.2 Å². The molecule has 1 heterocycles. The molecule has 33 heavy (non-hydrogen) atoms. The molecule has 1 aliphatic carbocycles. The Hall–Kier alpha value is -4.85. The monoisotopic (exact) mass is 435 g/mol. The Kier molecular flexibility index (Phi) is 3.91. The van der Waals surface area contributed by atoms with E-state index in [0.29, 0.717) is 27.8 Å². The average molecular weight is 435 g/mol. The van der Waals surface area contributed by atoms with Crippen LogP contribution in [0.2, 0.25) is 0 Å². The zero-order chi connectivity index (χ0) is 22.7. The van der Waals surface area contributed by atoms with Crippen LogP contribution in [0.1, 0.15) is 15.9 Å².